The van der Waals surface area contributed by atoms with Gasteiger partial charge in [0, 0.05) is 7.05 Å². The van der Waals surface area contributed by atoms with E-state index in [1.54, 1.807) is 6.20 Å². The number of rotatable bonds is 3. The van der Waals surface area contributed by atoms with Crippen LogP contribution in [0.15, 0.2) is 10.6 Å². The first-order chi connectivity index (χ1) is 9.52. The van der Waals surface area contributed by atoms with Gasteiger partial charge in [-0.05, 0) is 20.8 Å². The van der Waals surface area contributed by atoms with Crippen molar-refractivity contribution in [3.05, 3.63) is 29.4 Å². The van der Waals surface area contributed by atoms with Crippen LogP contribution in [0.2, 0.25) is 0 Å². The van der Waals surface area contributed by atoms with E-state index in [1.807, 2.05) is 37.1 Å². The second-order valence-electron chi connectivity index (χ2n) is 4.90. The molecule has 3 rings (SSSR count). The minimum atomic E-state index is -0.0859. The molecule has 0 bridgehead atoms. The van der Waals surface area contributed by atoms with E-state index in [-0.39, 0.29) is 6.04 Å². The number of aryl methyl sites for hydroxylation is 3. The van der Waals surface area contributed by atoms with Gasteiger partial charge in [0.15, 0.2) is 5.65 Å². The van der Waals surface area contributed by atoms with Crippen LogP contribution in [0, 0.1) is 13.8 Å². The highest BCUT2D eigenvalue weighted by atomic mass is 35.5. The zero-order valence-electron chi connectivity index (χ0n) is 11.9. The van der Waals surface area contributed by atoms with E-state index in [9.17, 15) is 0 Å². The molecular formula is C13H16ClN5O. The van der Waals surface area contributed by atoms with Gasteiger partial charge in [0.2, 0.25) is 5.89 Å². The van der Waals surface area contributed by atoms with Gasteiger partial charge in [-0.2, -0.15) is 5.10 Å². The summed E-state index contributed by atoms with van der Waals surface area (Å²) in [7, 11) is 1.90. The van der Waals surface area contributed by atoms with Gasteiger partial charge < -0.3 is 4.42 Å². The van der Waals surface area contributed by atoms with Crippen molar-refractivity contribution < 1.29 is 4.42 Å². The summed E-state index contributed by atoms with van der Waals surface area (Å²) in [6, 6.07) is -0.0859. The van der Waals surface area contributed by atoms with Crippen molar-refractivity contribution in [1.29, 1.82) is 0 Å². The minimum Gasteiger partial charge on any atom is -0.444 e. The smallest absolute Gasteiger partial charge is 0.217 e. The van der Waals surface area contributed by atoms with Crippen LogP contribution in [0.25, 0.3) is 11.2 Å². The topological polar surface area (TPSA) is 61.7 Å². The van der Waals surface area contributed by atoms with Crippen molar-refractivity contribution in [3.63, 3.8) is 0 Å². The molecule has 0 aliphatic rings. The maximum atomic E-state index is 6.04. The van der Waals surface area contributed by atoms with Gasteiger partial charge in [0.25, 0.3) is 0 Å². The summed E-state index contributed by atoms with van der Waals surface area (Å²) in [6.45, 7) is 5.84. The van der Waals surface area contributed by atoms with Crippen molar-refractivity contribution in [3.8, 4) is 0 Å². The molecule has 0 saturated carbocycles. The molecule has 7 heteroatoms. The van der Waals surface area contributed by atoms with E-state index in [0.29, 0.717) is 11.8 Å². The van der Waals surface area contributed by atoms with E-state index in [4.69, 9.17) is 16.0 Å². The van der Waals surface area contributed by atoms with Gasteiger partial charge >= 0.3 is 0 Å². The summed E-state index contributed by atoms with van der Waals surface area (Å²) in [5.74, 6) is 2.56. The summed E-state index contributed by atoms with van der Waals surface area (Å²) in [6.07, 6.45) is 1.72. The number of fused-ring (bicyclic) bond motifs is 1. The molecule has 0 amide bonds. The Morgan fingerprint density at radius 3 is 2.75 bits per heavy atom. The van der Waals surface area contributed by atoms with Crippen LogP contribution in [-0.4, -0.2) is 24.3 Å². The Morgan fingerprint density at radius 2 is 2.15 bits per heavy atom. The van der Waals surface area contributed by atoms with Crippen LogP contribution in [0.4, 0.5) is 0 Å². The molecule has 1 atom stereocenters. The standard InChI is InChI=1S/C13H16ClN5O/c1-7-6-15-12(20-7)9(3)19-10(5-14)16-11-8(2)17-18(4)13(11)19/h6,9H,5H2,1-4H3. The first-order valence-electron chi connectivity index (χ1n) is 6.41. The zero-order chi connectivity index (χ0) is 14.4. The molecule has 106 valence electrons. The number of halogens is 1. The van der Waals surface area contributed by atoms with Gasteiger partial charge in [-0.25, -0.2) is 9.97 Å². The van der Waals surface area contributed by atoms with Crippen LogP contribution in [0.1, 0.15) is 36.1 Å². The summed E-state index contributed by atoms with van der Waals surface area (Å²) in [5.41, 5.74) is 2.70. The van der Waals surface area contributed by atoms with E-state index in [1.165, 1.54) is 0 Å². The summed E-state index contributed by atoms with van der Waals surface area (Å²) in [5, 5.41) is 4.41. The normalized spacial score (nSPS) is 13.2. The average molecular weight is 294 g/mol. The maximum absolute atomic E-state index is 6.04. The third kappa shape index (κ3) is 1.83. The molecule has 0 aliphatic carbocycles. The van der Waals surface area contributed by atoms with Gasteiger partial charge in [0.1, 0.15) is 23.1 Å². The number of imidazole rings is 1. The largest absolute Gasteiger partial charge is 0.444 e. The number of nitrogens with zero attached hydrogens (tertiary/aromatic N) is 5. The highest BCUT2D eigenvalue weighted by Crippen LogP contribution is 2.27. The third-order valence-electron chi connectivity index (χ3n) is 3.41. The van der Waals surface area contributed by atoms with Crippen molar-refractivity contribution in [2.45, 2.75) is 32.7 Å². The fraction of sp³-hybridized carbons (Fsp3) is 0.462. The molecule has 3 heterocycles. The first-order valence-corrected chi connectivity index (χ1v) is 6.95. The van der Waals surface area contributed by atoms with Gasteiger partial charge in [-0.3, -0.25) is 9.25 Å². The quantitative estimate of drug-likeness (QED) is 0.697. The lowest BCUT2D eigenvalue weighted by Gasteiger charge is -2.13. The predicted octanol–water partition coefficient (Wildman–Crippen LogP) is 2.72. The molecule has 1 unspecified atom stereocenters. The van der Waals surface area contributed by atoms with Gasteiger partial charge in [-0.1, -0.05) is 0 Å². The van der Waals surface area contributed by atoms with Crippen molar-refractivity contribution in [1.82, 2.24) is 24.3 Å². The highest BCUT2D eigenvalue weighted by Gasteiger charge is 2.23. The van der Waals surface area contributed by atoms with E-state index >= 15 is 0 Å². The molecule has 6 nitrogen and oxygen atoms in total. The molecule has 0 aromatic carbocycles. The number of oxazole rings is 1. The number of hydrogen-bond donors (Lipinski definition) is 0. The van der Waals surface area contributed by atoms with E-state index in [0.717, 1.165) is 28.4 Å². The van der Waals surface area contributed by atoms with Crippen LogP contribution >= 0.6 is 11.6 Å². The predicted molar refractivity (Wildman–Crippen MR) is 75.8 cm³/mol. The maximum Gasteiger partial charge on any atom is 0.217 e. The lowest BCUT2D eigenvalue weighted by molar-refractivity contribution is 0.413. The molecule has 0 N–H and O–H groups in total. The molecule has 0 spiro atoms. The Balaban J connectivity index is 2.23. The number of alkyl halides is 1. The Labute approximate surface area is 121 Å². The third-order valence-corrected chi connectivity index (χ3v) is 3.65. The van der Waals surface area contributed by atoms with Crippen molar-refractivity contribution in [2.24, 2.45) is 7.05 Å². The Kier molecular flexibility index (Phi) is 3.05. The highest BCUT2D eigenvalue weighted by molar-refractivity contribution is 6.16. The van der Waals surface area contributed by atoms with Crippen LogP contribution in [0.3, 0.4) is 0 Å². The molecule has 3 aromatic heterocycles. The monoisotopic (exact) mass is 293 g/mol. The Morgan fingerprint density at radius 1 is 1.40 bits per heavy atom. The van der Waals surface area contributed by atoms with Crippen molar-refractivity contribution in [2.75, 3.05) is 0 Å². The molecule has 0 fully saturated rings. The second kappa shape index (κ2) is 4.63. The van der Waals surface area contributed by atoms with Gasteiger partial charge in [-0.15, -0.1) is 11.6 Å². The molecular weight excluding hydrogens is 278 g/mol. The van der Waals surface area contributed by atoms with Crippen LogP contribution < -0.4 is 0 Å². The molecule has 20 heavy (non-hydrogen) atoms. The zero-order valence-corrected chi connectivity index (χ0v) is 12.6. The number of hydrogen-bond acceptors (Lipinski definition) is 4. The Hall–Kier alpha value is -1.82. The lowest BCUT2D eigenvalue weighted by Crippen LogP contribution is -2.12. The number of aromatic nitrogens is 5. The minimum absolute atomic E-state index is 0.0859. The second-order valence-corrected chi connectivity index (χ2v) is 5.17. The lowest BCUT2D eigenvalue weighted by atomic mass is 10.3. The Bertz CT molecular complexity index is 769. The summed E-state index contributed by atoms with van der Waals surface area (Å²) >= 11 is 6.04. The SMILES string of the molecule is Cc1cnc(C(C)n2c(CCl)nc3c(C)nn(C)c32)o1. The summed E-state index contributed by atoms with van der Waals surface area (Å²) in [4.78, 5) is 8.89. The van der Waals surface area contributed by atoms with E-state index in [2.05, 4.69) is 15.1 Å². The molecule has 0 saturated heterocycles. The summed E-state index contributed by atoms with van der Waals surface area (Å²) < 4.78 is 9.49. The van der Waals surface area contributed by atoms with Crippen LogP contribution in [-0.2, 0) is 12.9 Å². The average Bonchev–Trinajstić information content (AvgIpc) is 3.06. The van der Waals surface area contributed by atoms with Crippen LogP contribution in [0.5, 0.6) is 0 Å². The first kappa shape index (κ1) is 13.2. The fourth-order valence-electron chi connectivity index (χ4n) is 2.52. The van der Waals surface area contributed by atoms with Crippen molar-refractivity contribution >= 4 is 22.8 Å². The fourth-order valence-corrected chi connectivity index (χ4v) is 2.71. The van der Waals surface area contributed by atoms with E-state index < -0.39 is 0 Å². The molecule has 3 aromatic rings. The van der Waals surface area contributed by atoms with Gasteiger partial charge in [0.05, 0.1) is 17.8 Å². The molecule has 0 radical (unpaired) electrons. The molecule has 0 aliphatic heterocycles.